The number of ether oxygens (including phenoxy) is 1. The molecule has 0 saturated carbocycles. The van der Waals surface area contributed by atoms with Gasteiger partial charge in [-0.1, -0.05) is 63.2 Å². The molecule has 2 heterocycles. The summed E-state index contributed by atoms with van der Waals surface area (Å²) in [5, 5.41) is 0.922. The van der Waals surface area contributed by atoms with Crippen LogP contribution in [0.5, 0.6) is 0 Å². The first kappa shape index (κ1) is 29.8. The lowest BCUT2D eigenvalue weighted by Gasteiger charge is -2.27. The molecule has 3 N–H and O–H groups in total. The quantitative estimate of drug-likeness (QED) is 0.266. The molecule has 42 heavy (non-hydrogen) atoms. The monoisotopic (exact) mass is 588 g/mol. The van der Waals surface area contributed by atoms with Crippen LogP contribution in [0.3, 0.4) is 0 Å². The van der Waals surface area contributed by atoms with Gasteiger partial charge >= 0.3 is 0 Å². The molecule has 0 unspecified atom stereocenters. The van der Waals surface area contributed by atoms with Crippen LogP contribution >= 0.6 is 0 Å². The van der Waals surface area contributed by atoms with Gasteiger partial charge in [-0.15, -0.1) is 0 Å². The summed E-state index contributed by atoms with van der Waals surface area (Å²) in [6, 6.07) is 22.7. The molecule has 5 rings (SSSR count). The van der Waals surface area contributed by atoms with Crippen molar-refractivity contribution >= 4 is 32.5 Å². The van der Waals surface area contributed by atoms with Crippen molar-refractivity contribution in [2.75, 3.05) is 37.6 Å². The van der Waals surface area contributed by atoms with Crippen LogP contribution in [0.15, 0.2) is 77.7 Å². The maximum absolute atomic E-state index is 13.4. The number of carbonyl (C=O) groups excluding carboxylic acids is 1. The van der Waals surface area contributed by atoms with E-state index in [9.17, 15) is 13.2 Å². The van der Waals surface area contributed by atoms with Gasteiger partial charge in [0.25, 0.3) is 10.0 Å². The molecule has 4 aromatic rings. The van der Waals surface area contributed by atoms with E-state index < -0.39 is 10.0 Å². The second-order valence-corrected chi connectivity index (χ2v) is 13.6. The van der Waals surface area contributed by atoms with Crippen molar-refractivity contribution in [1.29, 1.82) is 0 Å². The molecule has 3 aromatic carbocycles. The number of rotatable bonds is 10. The SMILES string of the molecule is CC(C)(C)c1ccc(S(=O)(=O)Nc2ccc3c(c2)c(-c2ccccc2)c(CCC(N)=O)n3CCN2CCOCC2)cc1. The molecule has 0 aliphatic carbocycles. The van der Waals surface area contributed by atoms with Crippen LogP contribution in [0.1, 0.15) is 38.4 Å². The molecular formula is C33H40N4O4S. The zero-order valence-corrected chi connectivity index (χ0v) is 25.4. The molecule has 9 heteroatoms. The second kappa shape index (κ2) is 12.3. The highest BCUT2D eigenvalue weighted by atomic mass is 32.2. The number of nitrogens with one attached hydrogen (secondary N) is 1. The van der Waals surface area contributed by atoms with Crippen LogP contribution in [0.4, 0.5) is 5.69 Å². The normalized spacial score (nSPS) is 14.7. The van der Waals surface area contributed by atoms with Crippen molar-refractivity contribution in [2.45, 2.75) is 50.5 Å². The Morgan fingerprint density at radius 3 is 2.29 bits per heavy atom. The third-order valence-corrected chi connectivity index (χ3v) is 9.27. The van der Waals surface area contributed by atoms with Gasteiger partial charge in [0.1, 0.15) is 0 Å². The van der Waals surface area contributed by atoms with E-state index in [4.69, 9.17) is 10.5 Å². The standard InChI is InChI=1S/C33H40N4O4S/c1-33(2,3)25-9-12-27(13-10-25)42(39,40)35-26-11-14-29-28(23-26)32(24-7-5-4-6-8-24)30(15-16-31(34)38)37(29)18-17-36-19-21-41-22-20-36/h4-14,23,35H,15-22H2,1-3H3,(H2,34,38). The van der Waals surface area contributed by atoms with E-state index in [0.717, 1.165) is 72.7 Å². The van der Waals surface area contributed by atoms with Gasteiger partial charge in [-0.3, -0.25) is 14.4 Å². The average Bonchev–Trinajstić information content (AvgIpc) is 3.27. The lowest BCUT2D eigenvalue weighted by Crippen LogP contribution is -2.38. The Morgan fingerprint density at radius 2 is 1.64 bits per heavy atom. The van der Waals surface area contributed by atoms with Crippen molar-refractivity contribution in [1.82, 2.24) is 9.47 Å². The molecule has 0 radical (unpaired) electrons. The number of morpholine rings is 1. The van der Waals surface area contributed by atoms with Crippen molar-refractivity contribution < 1.29 is 17.9 Å². The van der Waals surface area contributed by atoms with Gasteiger partial charge in [0.2, 0.25) is 5.91 Å². The van der Waals surface area contributed by atoms with Gasteiger partial charge in [-0.25, -0.2) is 8.42 Å². The Kier molecular flexibility index (Phi) is 8.73. The molecular weight excluding hydrogens is 548 g/mol. The topological polar surface area (TPSA) is 107 Å². The number of benzene rings is 3. The Labute approximate surface area is 248 Å². The van der Waals surface area contributed by atoms with Gasteiger partial charge < -0.3 is 15.0 Å². The van der Waals surface area contributed by atoms with Gasteiger partial charge in [0.15, 0.2) is 0 Å². The summed E-state index contributed by atoms with van der Waals surface area (Å²) in [6.45, 7) is 11.1. The number of aromatic nitrogens is 1. The maximum Gasteiger partial charge on any atom is 0.261 e. The van der Waals surface area contributed by atoms with E-state index in [1.54, 1.807) is 18.2 Å². The second-order valence-electron chi connectivity index (χ2n) is 11.9. The van der Waals surface area contributed by atoms with Crippen molar-refractivity contribution in [3.05, 3.63) is 84.1 Å². The van der Waals surface area contributed by atoms with E-state index in [-0.39, 0.29) is 22.6 Å². The summed E-state index contributed by atoms with van der Waals surface area (Å²) in [5.74, 6) is -0.357. The Balaban J connectivity index is 1.56. The minimum atomic E-state index is -3.81. The lowest BCUT2D eigenvalue weighted by molar-refractivity contribution is -0.118. The number of amides is 1. The van der Waals surface area contributed by atoms with Crippen molar-refractivity contribution in [3.8, 4) is 11.1 Å². The average molecular weight is 589 g/mol. The van der Waals surface area contributed by atoms with Crippen molar-refractivity contribution in [2.24, 2.45) is 5.73 Å². The smallest absolute Gasteiger partial charge is 0.261 e. The Morgan fingerprint density at radius 1 is 0.952 bits per heavy atom. The lowest BCUT2D eigenvalue weighted by atomic mass is 9.87. The molecule has 8 nitrogen and oxygen atoms in total. The summed E-state index contributed by atoms with van der Waals surface area (Å²) in [6.07, 6.45) is 0.705. The van der Waals surface area contributed by atoms with Crippen LogP contribution in [-0.2, 0) is 37.9 Å². The molecule has 1 aromatic heterocycles. The Bertz CT molecular complexity index is 1650. The number of hydrogen-bond donors (Lipinski definition) is 2. The van der Waals surface area contributed by atoms with E-state index in [0.29, 0.717) is 12.1 Å². The fourth-order valence-corrected chi connectivity index (χ4v) is 6.62. The third kappa shape index (κ3) is 6.69. The fourth-order valence-electron chi connectivity index (χ4n) is 5.57. The van der Waals surface area contributed by atoms with Crippen LogP contribution in [0, 0.1) is 0 Å². The van der Waals surface area contributed by atoms with E-state index >= 15 is 0 Å². The summed E-state index contributed by atoms with van der Waals surface area (Å²) >= 11 is 0. The predicted octanol–water partition coefficient (Wildman–Crippen LogP) is 5.16. The maximum atomic E-state index is 13.4. The van der Waals surface area contributed by atoms with E-state index in [2.05, 4.69) is 35.0 Å². The summed E-state index contributed by atoms with van der Waals surface area (Å²) in [4.78, 5) is 14.5. The number of anilines is 1. The molecule has 1 saturated heterocycles. The van der Waals surface area contributed by atoms with Gasteiger partial charge in [-0.05, 0) is 53.3 Å². The first-order valence-corrected chi connectivity index (χ1v) is 15.9. The van der Waals surface area contributed by atoms with Crippen LogP contribution in [0.2, 0.25) is 0 Å². The van der Waals surface area contributed by atoms with E-state index in [1.807, 2.05) is 54.6 Å². The van der Waals surface area contributed by atoms with Crippen LogP contribution in [0.25, 0.3) is 22.0 Å². The number of fused-ring (bicyclic) bond motifs is 1. The van der Waals surface area contributed by atoms with Gasteiger partial charge in [0.05, 0.1) is 18.1 Å². The fraction of sp³-hybridized carbons (Fsp3) is 0.364. The number of nitrogens with two attached hydrogens (primary N) is 1. The zero-order valence-electron chi connectivity index (χ0n) is 24.6. The minimum Gasteiger partial charge on any atom is -0.379 e. The first-order chi connectivity index (χ1) is 20.0. The van der Waals surface area contributed by atoms with Crippen LogP contribution < -0.4 is 10.5 Å². The molecule has 222 valence electrons. The van der Waals surface area contributed by atoms with Crippen LogP contribution in [-0.4, -0.2) is 56.6 Å². The summed E-state index contributed by atoms with van der Waals surface area (Å²) in [7, 11) is -3.81. The largest absolute Gasteiger partial charge is 0.379 e. The highest BCUT2D eigenvalue weighted by Gasteiger charge is 2.22. The number of carbonyl (C=O) groups is 1. The molecule has 1 amide bonds. The molecule has 1 aliphatic heterocycles. The van der Waals surface area contributed by atoms with Crippen molar-refractivity contribution in [3.63, 3.8) is 0 Å². The number of sulfonamides is 1. The molecule has 0 spiro atoms. The Hall–Kier alpha value is -3.66. The first-order valence-electron chi connectivity index (χ1n) is 14.5. The third-order valence-electron chi connectivity index (χ3n) is 7.87. The molecule has 1 fully saturated rings. The van der Waals surface area contributed by atoms with Gasteiger partial charge in [-0.2, -0.15) is 0 Å². The number of primary amides is 1. The minimum absolute atomic E-state index is 0.0737. The number of nitrogens with zero attached hydrogens (tertiary/aromatic N) is 2. The number of hydrogen-bond acceptors (Lipinski definition) is 5. The van der Waals surface area contributed by atoms with E-state index in [1.165, 1.54) is 0 Å². The molecule has 0 atom stereocenters. The predicted molar refractivity (Wildman–Crippen MR) is 168 cm³/mol. The summed E-state index contributed by atoms with van der Waals surface area (Å²) in [5.41, 5.74) is 11.1. The van der Waals surface area contributed by atoms with Gasteiger partial charge in [0, 0.05) is 60.4 Å². The zero-order chi connectivity index (χ0) is 29.9. The molecule has 1 aliphatic rings. The highest BCUT2D eigenvalue weighted by molar-refractivity contribution is 7.92. The summed E-state index contributed by atoms with van der Waals surface area (Å²) < 4.78 is 37.4. The molecule has 0 bridgehead atoms. The highest BCUT2D eigenvalue weighted by Crippen LogP contribution is 2.38.